The lowest BCUT2D eigenvalue weighted by molar-refractivity contribution is 0.445. The van der Waals surface area contributed by atoms with Crippen molar-refractivity contribution in [3.63, 3.8) is 0 Å². The Hall–Kier alpha value is 0.507. The number of hydrogen-bond donors (Lipinski definition) is 0. The zero-order valence-corrected chi connectivity index (χ0v) is 19.5. The van der Waals surface area contributed by atoms with Gasteiger partial charge < -0.3 is 0 Å². The highest BCUT2D eigenvalue weighted by molar-refractivity contribution is 6.95. The second-order valence-electron chi connectivity index (χ2n) is 8.04. The standard InChI is InChI=1S/C22H47ClSi/c1-4-7-8-9-10-11-12-13-14-15-16-17-18-19-20-21-22(5-2,6-3)24-23/h4-21,24H2,1-3H3. The maximum absolute atomic E-state index is 6.33. The van der Waals surface area contributed by atoms with Gasteiger partial charge in [0.15, 0.2) is 0 Å². The number of hydrogen-bond acceptors (Lipinski definition) is 0. The average molecular weight is 375 g/mol. The molecule has 0 aromatic carbocycles. The number of rotatable bonds is 19. The molecular weight excluding hydrogens is 328 g/mol. The molecule has 0 N–H and O–H groups in total. The molecule has 0 amide bonds. The highest BCUT2D eigenvalue weighted by Crippen LogP contribution is 2.40. The first-order valence-electron chi connectivity index (χ1n) is 11.3. The summed E-state index contributed by atoms with van der Waals surface area (Å²) >= 11 is 6.33. The van der Waals surface area contributed by atoms with Gasteiger partial charge in [0, 0.05) is 0 Å². The molecule has 0 saturated carbocycles. The van der Waals surface area contributed by atoms with Gasteiger partial charge in [-0.15, -0.1) is 0 Å². The number of unbranched alkanes of at least 4 members (excludes halogenated alkanes) is 14. The minimum atomic E-state index is -0.371. The quantitative estimate of drug-likeness (QED) is 0.121. The third kappa shape index (κ3) is 13.8. The van der Waals surface area contributed by atoms with Crippen LogP contribution in [-0.4, -0.2) is 8.83 Å². The Bertz CT molecular complexity index is 230. The van der Waals surface area contributed by atoms with Crippen LogP contribution >= 0.6 is 11.1 Å². The van der Waals surface area contributed by atoms with Crippen molar-refractivity contribution in [1.82, 2.24) is 0 Å². The molecule has 146 valence electrons. The van der Waals surface area contributed by atoms with Gasteiger partial charge in [0.2, 0.25) is 0 Å². The van der Waals surface area contributed by atoms with E-state index in [0.29, 0.717) is 5.04 Å². The lowest BCUT2D eigenvalue weighted by atomic mass is 9.94. The van der Waals surface area contributed by atoms with Crippen molar-refractivity contribution in [2.45, 2.75) is 141 Å². The van der Waals surface area contributed by atoms with Crippen LogP contribution in [0, 0.1) is 0 Å². The highest BCUT2D eigenvalue weighted by Gasteiger charge is 2.24. The van der Waals surface area contributed by atoms with Gasteiger partial charge in [-0.25, -0.2) is 0 Å². The van der Waals surface area contributed by atoms with Gasteiger partial charge in [0.1, 0.15) is 8.83 Å². The smallest absolute Gasteiger partial charge is 0.131 e. The summed E-state index contributed by atoms with van der Waals surface area (Å²) in [6.07, 6.45) is 25.8. The van der Waals surface area contributed by atoms with Crippen LogP contribution in [0.15, 0.2) is 0 Å². The topological polar surface area (TPSA) is 0 Å². The average Bonchev–Trinajstić information content (AvgIpc) is 2.62. The third-order valence-electron chi connectivity index (χ3n) is 6.09. The Kier molecular flexibility index (Phi) is 18.7. The Labute approximate surface area is 161 Å². The summed E-state index contributed by atoms with van der Waals surface area (Å²) in [4.78, 5) is 0. The Morgan fingerprint density at radius 3 is 1.17 bits per heavy atom. The lowest BCUT2D eigenvalue weighted by Crippen LogP contribution is -2.15. The molecule has 24 heavy (non-hydrogen) atoms. The molecule has 2 heteroatoms. The molecule has 0 atom stereocenters. The second kappa shape index (κ2) is 18.3. The maximum Gasteiger partial charge on any atom is 0.131 e. The molecule has 0 fully saturated rings. The lowest BCUT2D eigenvalue weighted by Gasteiger charge is -2.28. The van der Waals surface area contributed by atoms with Gasteiger partial charge in [-0.2, -0.15) is 11.1 Å². The van der Waals surface area contributed by atoms with Crippen LogP contribution in [0.2, 0.25) is 5.04 Å². The predicted molar refractivity (Wildman–Crippen MR) is 117 cm³/mol. The van der Waals surface area contributed by atoms with Crippen LogP contribution in [0.4, 0.5) is 0 Å². The van der Waals surface area contributed by atoms with E-state index in [1.807, 2.05) is 0 Å². The third-order valence-corrected chi connectivity index (χ3v) is 9.72. The SMILES string of the molecule is CCCCCCCCCCCCCCCCCC(CC)(CC)[SiH2]Cl. The maximum atomic E-state index is 6.33. The van der Waals surface area contributed by atoms with Crippen LogP contribution < -0.4 is 0 Å². The fraction of sp³-hybridized carbons (Fsp3) is 1.00. The van der Waals surface area contributed by atoms with Crippen molar-refractivity contribution in [1.29, 1.82) is 0 Å². The summed E-state index contributed by atoms with van der Waals surface area (Å²) in [6, 6.07) is 0. The molecule has 0 nitrogen and oxygen atoms in total. The van der Waals surface area contributed by atoms with Crippen molar-refractivity contribution in [2.24, 2.45) is 0 Å². The fourth-order valence-electron chi connectivity index (χ4n) is 3.73. The van der Waals surface area contributed by atoms with Gasteiger partial charge >= 0.3 is 0 Å². The summed E-state index contributed by atoms with van der Waals surface area (Å²) in [6.45, 7) is 6.97. The van der Waals surface area contributed by atoms with Crippen molar-refractivity contribution < 1.29 is 0 Å². The van der Waals surface area contributed by atoms with E-state index in [9.17, 15) is 0 Å². The van der Waals surface area contributed by atoms with Crippen molar-refractivity contribution in [3.05, 3.63) is 0 Å². The van der Waals surface area contributed by atoms with Gasteiger partial charge in [0.05, 0.1) is 0 Å². The van der Waals surface area contributed by atoms with Gasteiger partial charge in [-0.05, 0) is 11.5 Å². The molecule has 0 aromatic heterocycles. The van der Waals surface area contributed by atoms with Gasteiger partial charge in [-0.1, -0.05) is 130 Å². The molecule has 0 unspecified atom stereocenters. The van der Waals surface area contributed by atoms with Gasteiger partial charge in [-0.3, -0.25) is 0 Å². The monoisotopic (exact) mass is 374 g/mol. The first-order chi connectivity index (χ1) is 11.7. The molecular formula is C22H47ClSi. The summed E-state index contributed by atoms with van der Waals surface area (Å²) in [5.41, 5.74) is 0. The minimum absolute atomic E-state index is 0.371. The molecule has 0 rings (SSSR count). The normalized spacial score (nSPS) is 12.5. The van der Waals surface area contributed by atoms with E-state index in [1.54, 1.807) is 0 Å². The summed E-state index contributed by atoms with van der Waals surface area (Å²) < 4.78 is 0. The van der Waals surface area contributed by atoms with E-state index in [1.165, 1.54) is 116 Å². The van der Waals surface area contributed by atoms with E-state index in [2.05, 4.69) is 20.8 Å². The van der Waals surface area contributed by atoms with Crippen LogP contribution in [0.25, 0.3) is 0 Å². The predicted octanol–water partition coefficient (Wildman–Crippen LogP) is 8.55. The fourth-order valence-corrected chi connectivity index (χ4v) is 6.03. The van der Waals surface area contributed by atoms with E-state index >= 15 is 0 Å². The van der Waals surface area contributed by atoms with Crippen LogP contribution in [-0.2, 0) is 0 Å². The Morgan fingerprint density at radius 1 is 0.542 bits per heavy atom. The minimum Gasteiger partial charge on any atom is -0.176 e. The molecule has 0 bridgehead atoms. The van der Waals surface area contributed by atoms with Crippen molar-refractivity contribution in [2.75, 3.05) is 0 Å². The van der Waals surface area contributed by atoms with E-state index in [0.717, 1.165) is 0 Å². The Balaban J connectivity index is 3.23. The van der Waals surface area contributed by atoms with E-state index in [4.69, 9.17) is 11.1 Å². The molecule has 0 aromatic rings. The first-order valence-corrected chi connectivity index (χ1v) is 14.1. The zero-order chi connectivity index (χ0) is 17.9. The highest BCUT2D eigenvalue weighted by atomic mass is 35.6. The van der Waals surface area contributed by atoms with Gasteiger partial charge in [0.25, 0.3) is 0 Å². The van der Waals surface area contributed by atoms with Crippen LogP contribution in [0.3, 0.4) is 0 Å². The largest absolute Gasteiger partial charge is 0.176 e. The molecule has 0 spiro atoms. The summed E-state index contributed by atoms with van der Waals surface area (Å²) in [5.74, 6) is 0. The molecule has 0 aliphatic rings. The second-order valence-corrected chi connectivity index (χ2v) is 10.6. The molecule has 0 saturated heterocycles. The van der Waals surface area contributed by atoms with Crippen molar-refractivity contribution in [3.8, 4) is 0 Å². The zero-order valence-electron chi connectivity index (χ0n) is 17.3. The molecule has 0 aliphatic carbocycles. The van der Waals surface area contributed by atoms with Crippen molar-refractivity contribution >= 4 is 19.9 Å². The van der Waals surface area contributed by atoms with E-state index in [-0.39, 0.29) is 8.83 Å². The van der Waals surface area contributed by atoms with Crippen LogP contribution in [0.5, 0.6) is 0 Å². The first kappa shape index (κ1) is 24.5. The molecule has 0 heterocycles. The summed E-state index contributed by atoms with van der Waals surface area (Å²) in [5, 5.41) is 0.568. The van der Waals surface area contributed by atoms with E-state index < -0.39 is 0 Å². The van der Waals surface area contributed by atoms with Crippen LogP contribution in [0.1, 0.15) is 136 Å². The molecule has 0 radical (unpaired) electrons. The molecule has 0 aliphatic heterocycles. The summed E-state index contributed by atoms with van der Waals surface area (Å²) in [7, 11) is -0.371. The Morgan fingerprint density at radius 2 is 0.875 bits per heavy atom. The number of halogens is 1.